The summed E-state index contributed by atoms with van der Waals surface area (Å²) in [5.74, 6) is 0.627. The van der Waals surface area contributed by atoms with Crippen molar-refractivity contribution in [1.82, 2.24) is 29.9 Å². The highest BCUT2D eigenvalue weighted by molar-refractivity contribution is 7.71. The Balaban J connectivity index is 1.22. The third kappa shape index (κ3) is 5.91. The van der Waals surface area contributed by atoms with Gasteiger partial charge in [-0.3, -0.25) is 24.3 Å². The zero-order valence-corrected chi connectivity index (χ0v) is 19.3. The van der Waals surface area contributed by atoms with E-state index in [4.69, 9.17) is 12.2 Å². The van der Waals surface area contributed by atoms with Crippen LogP contribution in [-0.2, 0) is 17.9 Å². The van der Waals surface area contributed by atoms with Crippen molar-refractivity contribution in [1.29, 1.82) is 0 Å². The Morgan fingerprint density at radius 3 is 2.56 bits per heavy atom. The number of nitrogens with zero attached hydrogens (tertiary/aromatic N) is 4. The molecule has 1 fully saturated rings. The number of carbonyl (C=O) groups excluding carboxylic acids is 1. The number of hydrogen-bond donors (Lipinski definition) is 2. The minimum absolute atomic E-state index is 0.0564. The predicted octanol–water partition coefficient (Wildman–Crippen LogP) is 2.85. The Kier molecular flexibility index (Phi) is 7.47. The van der Waals surface area contributed by atoms with Gasteiger partial charge < -0.3 is 5.32 Å². The summed E-state index contributed by atoms with van der Waals surface area (Å²) in [6.07, 6.45) is 0. The van der Waals surface area contributed by atoms with Gasteiger partial charge in [-0.2, -0.15) is 5.10 Å². The number of H-pyrrole nitrogens is 1. The Morgan fingerprint density at radius 1 is 1.06 bits per heavy atom. The van der Waals surface area contributed by atoms with Gasteiger partial charge in [-0.25, -0.2) is 0 Å². The summed E-state index contributed by atoms with van der Waals surface area (Å²) in [5, 5.41) is 10.2. The van der Waals surface area contributed by atoms with Gasteiger partial charge in [0.2, 0.25) is 5.91 Å². The molecule has 32 heavy (non-hydrogen) atoms. The van der Waals surface area contributed by atoms with E-state index >= 15 is 0 Å². The number of aromatic nitrogens is 3. The maximum atomic E-state index is 12.6. The fourth-order valence-corrected chi connectivity index (χ4v) is 4.23. The summed E-state index contributed by atoms with van der Waals surface area (Å²) < 4.78 is 2.20. The molecule has 0 bridgehead atoms. The van der Waals surface area contributed by atoms with Crippen LogP contribution < -0.4 is 5.32 Å². The summed E-state index contributed by atoms with van der Waals surface area (Å²) in [7, 11) is 0. The van der Waals surface area contributed by atoms with Crippen molar-refractivity contribution in [2.45, 2.75) is 20.0 Å². The van der Waals surface area contributed by atoms with E-state index in [1.54, 1.807) is 4.57 Å². The van der Waals surface area contributed by atoms with Gasteiger partial charge in [0, 0.05) is 51.4 Å². The second kappa shape index (κ2) is 10.7. The van der Waals surface area contributed by atoms with E-state index in [1.807, 2.05) is 31.2 Å². The second-order valence-corrected chi connectivity index (χ2v) is 8.65. The number of benzene rings is 2. The molecule has 0 saturated carbocycles. The first-order chi connectivity index (χ1) is 15.6. The molecule has 3 aromatic rings. The lowest BCUT2D eigenvalue weighted by atomic mass is 10.1. The van der Waals surface area contributed by atoms with Gasteiger partial charge in [0.15, 0.2) is 10.6 Å². The lowest BCUT2D eigenvalue weighted by molar-refractivity contribution is -0.121. The van der Waals surface area contributed by atoms with Gasteiger partial charge in [-0.1, -0.05) is 54.1 Å². The zero-order chi connectivity index (χ0) is 22.3. The minimum atomic E-state index is -0.0564. The Bertz CT molecular complexity index is 1090. The molecule has 0 unspecified atom stereocenters. The van der Waals surface area contributed by atoms with Gasteiger partial charge in [0.1, 0.15) is 6.54 Å². The fourth-order valence-electron chi connectivity index (χ4n) is 4.03. The monoisotopic (exact) mass is 450 g/mol. The summed E-state index contributed by atoms with van der Waals surface area (Å²) in [6.45, 7) is 8.81. The van der Waals surface area contributed by atoms with Gasteiger partial charge in [0.25, 0.3) is 0 Å². The summed E-state index contributed by atoms with van der Waals surface area (Å²) in [5.41, 5.74) is 3.44. The van der Waals surface area contributed by atoms with E-state index in [2.05, 4.69) is 55.6 Å². The van der Waals surface area contributed by atoms with Gasteiger partial charge >= 0.3 is 0 Å². The molecule has 0 atom stereocenters. The number of aromatic amines is 1. The Hall–Kier alpha value is -2.81. The first-order valence-electron chi connectivity index (χ1n) is 11.1. The molecule has 1 aliphatic heterocycles. The van der Waals surface area contributed by atoms with E-state index in [9.17, 15) is 4.79 Å². The number of piperazine rings is 1. The van der Waals surface area contributed by atoms with E-state index < -0.39 is 0 Å². The number of nitrogens with one attached hydrogen (secondary N) is 2. The van der Waals surface area contributed by atoms with Crippen LogP contribution in [0.25, 0.3) is 11.4 Å². The molecule has 8 heteroatoms. The Morgan fingerprint density at radius 2 is 1.81 bits per heavy atom. The van der Waals surface area contributed by atoms with Gasteiger partial charge in [0.05, 0.1) is 0 Å². The highest BCUT2D eigenvalue weighted by atomic mass is 32.1. The number of hydrogen-bond acceptors (Lipinski definition) is 5. The topological polar surface area (TPSA) is 69.2 Å². The normalized spacial score (nSPS) is 15.0. The summed E-state index contributed by atoms with van der Waals surface area (Å²) in [6, 6.07) is 18.6. The molecular weight excluding hydrogens is 420 g/mol. The molecule has 1 saturated heterocycles. The fraction of sp³-hybridized carbons (Fsp3) is 0.375. The van der Waals surface area contributed by atoms with Crippen molar-refractivity contribution in [3.63, 3.8) is 0 Å². The number of carbonyl (C=O) groups is 1. The minimum Gasteiger partial charge on any atom is -0.353 e. The van der Waals surface area contributed by atoms with Gasteiger partial charge in [-0.05, 0) is 30.8 Å². The molecule has 2 N–H and O–H groups in total. The quantitative estimate of drug-likeness (QED) is 0.517. The van der Waals surface area contributed by atoms with Gasteiger partial charge in [-0.15, -0.1) is 0 Å². The third-order valence-corrected chi connectivity index (χ3v) is 6.11. The molecule has 168 valence electrons. The lowest BCUT2D eigenvalue weighted by Gasteiger charge is -2.34. The molecular formula is C24H30N6OS. The molecule has 0 spiro atoms. The van der Waals surface area contributed by atoms with Crippen molar-refractivity contribution in [3.8, 4) is 11.4 Å². The predicted molar refractivity (Wildman–Crippen MR) is 129 cm³/mol. The molecule has 2 aromatic carbocycles. The molecule has 2 heterocycles. The first-order valence-corrected chi connectivity index (χ1v) is 11.5. The second-order valence-electron chi connectivity index (χ2n) is 8.26. The highest BCUT2D eigenvalue weighted by Crippen LogP contribution is 2.18. The average Bonchev–Trinajstić information content (AvgIpc) is 3.16. The summed E-state index contributed by atoms with van der Waals surface area (Å²) >= 11 is 5.35. The van der Waals surface area contributed by atoms with Crippen LogP contribution in [0.15, 0.2) is 54.6 Å². The largest absolute Gasteiger partial charge is 0.353 e. The van der Waals surface area contributed by atoms with Crippen LogP contribution in [0.1, 0.15) is 11.1 Å². The van der Waals surface area contributed by atoms with Crippen molar-refractivity contribution >= 4 is 18.1 Å². The van der Waals surface area contributed by atoms with E-state index in [0.717, 1.165) is 50.4 Å². The average molecular weight is 451 g/mol. The molecule has 1 aliphatic rings. The Labute approximate surface area is 194 Å². The first kappa shape index (κ1) is 22.4. The molecule has 4 rings (SSSR count). The zero-order valence-electron chi connectivity index (χ0n) is 18.5. The lowest BCUT2D eigenvalue weighted by Crippen LogP contribution is -2.48. The maximum Gasteiger partial charge on any atom is 0.240 e. The summed E-state index contributed by atoms with van der Waals surface area (Å²) in [4.78, 5) is 17.5. The van der Waals surface area contributed by atoms with Crippen LogP contribution in [0.2, 0.25) is 0 Å². The van der Waals surface area contributed by atoms with Crippen molar-refractivity contribution < 1.29 is 4.79 Å². The third-order valence-electron chi connectivity index (χ3n) is 5.80. The van der Waals surface area contributed by atoms with Crippen molar-refractivity contribution in [2.24, 2.45) is 0 Å². The molecule has 0 aliphatic carbocycles. The van der Waals surface area contributed by atoms with Crippen molar-refractivity contribution in [3.05, 3.63) is 70.5 Å². The van der Waals surface area contributed by atoms with E-state index in [1.165, 1.54) is 5.56 Å². The standard InChI is InChI=1S/C24H30N6OS/c1-19-6-5-9-21(16-19)23-26-27-24(32)30(23)18-22(31)25-10-11-28-12-14-29(15-13-28)17-20-7-3-2-4-8-20/h2-9,16H,10-15,17-18H2,1H3,(H,25,31)(H,27,32). The van der Waals surface area contributed by atoms with Crippen molar-refractivity contribution in [2.75, 3.05) is 39.3 Å². The molecule has 0 radical (unpaired) electrons. The number of aryl methyl sites for hydroxylation is 1. The SMILES string of the molecule is Cc1cccc(-c2n[nH]c(=S)n2CC(=O)NCCN2CCN(Cc3ccccc3)CC2)c1. The maximum absolute atomic E-state index is 12.6. The molecule has 1 aromatic heterocycles. The van der Waals surface area contributed by atoms with E-state index in [0.29, 0.717) is 17.1 Å². The smallest absolute Gasteiger partial charge is 0.240 e. The molecule has 7 nitrogen and oxygen atoms in total. The van der Waals surface area contributed by atoms with Crippen LogP contribution in [0.3, 0.4) is 0 Å². The number of amides is 1. The van der Waals surface area contributed by atoms with Crippen LogP contribution in [0, 0.1) is 11.7 Å². The van der Waals surface area contributed by atoms with Crippen LogP contribution in [-0.4, -0.2) is 69.7 Å². The van der Waals surface area contributed by atoms with Crippen LogP contribution in [0.4, 0.5) is 0 Å². The highest BCUT2D eigenvalue weighted by Gasteiger charge is 2.17. The number of rotatable bonds is 8. The van der Waals surface area contributed by atoms with Crippen LogP contribution in [0.5, 0.6) is 0 Å². The molecule has 1 amide bonds. The van der Waals surface area contributed by atoms with E-state index in [-0.39, 0.29) is 12.5 Å². The van der Waals surface area contributed by atoms with Crippen LogP contribution >= 0.6 is 12.2 Å².